The maximum Gasteiger partial charge on any atom is 0.411 e. The van der Waals surface area contributed by atoms with Gasteiger partial charge in [0.05, 0.1) is 11.9 Å². The third-order valence-electron chi connectivity index (χ3n) is 5.90. The van der Waals surface area contributed by atoms with Crippen LogP contribution < -0.4 is 10.6 Å². The van der Waals surface area contributed by atoms with E-state index in [1.165, 1.54) is 10.9 Å². The largest absolute Gasteiger partial charge is 0.481 e. The number of carboxylic acids is 1. The van der Waals surface area contributed by atoms with Crippen LogP contribution in [0.3, 0.4) is 0 Å². The molecule has 0 radical (unpaired) electrons. The van der Waals surface area contributed by atoms with E-state index in [2.05, 4.69) is 27.9 Å². The maximum absolute atomic E-state index is 12.7. The summed E-state index contributed by atoms with van der Waals surface area (Å²) in [7, 11) is 1.58. The van der Waals surface area contributed by atoms with Gasteiger partial charge in [-0.1, -0.05) is 48.5 Å². The normalized spacial score (nSPS) is 13.0. The molecule has 1 atom stereocenters. The predicted octanol–water partition coefficient (Wildman–Crippen LogP) is 3.76. The molecule has 0 bridgehead atoms. The van der Waals surface area contributed by atoms with Crippen LogP contribution in [0.15, 0.2) is 54.7 Å². The number of carboxylic acid groups (broad SMARTS) is 1. The maximum atomic E-state index is 12.7. The number of aromatic nitrogens is 2. The highest BCUT2D eigenvalue weighted by atomic mass is 16.5. The van der Waals surface area contributed by atoms with Crippen LogP contribution in [0.2, 0.25) is 0 Å². The van der Waals surface area contributed by atoms with Gasteiger partial charge >= 0.3 is 12.1 Å². The lowest BCUT2D eigenvalue weighted by atomic mass is 9.98. The summed E-state index contributed by atoms with van der Waals surface area (Å²) < 4.78 is 6.90. The van der Waals surface area contributed by atoms with E-state index in [-0.39, 0.29) is 42.8 Å². The molecule has 3 N–H and O–H groups in total. The Labute approximate surface area is 196 Å². The Hall–Kier alpha value is -4.14. The van der Waals surface area contributed by atoms with Crippen LogP contribution in [0.25, 0.3) is 11.1 Å². The number of benzene rings is 2. The van der Waals surface area contributed by atoms with E-state index in [1.807, 2.05) is 36.4 Å². The van der Waals surface area contributed by atoms with E-state index < -0.39 is 18.0 Å². The Balaban J connectivity index is 1.41. The molecule has 0 saturated carbocycles. The van der Waals surface area contributed by atoms with Crippen molar-refractivity contribution in [2.24, 2.45) is 7.05 Å². The van der Waals surface area contributed by atoms with E-state index in [0.29, 0.717) is 0 Å². The second kappa shape index (κ2) is 9.78. The highest BCUT2D eigenvalue weighted by Gasteiger charge is 2.29. The average Bonchev–Trinajstić information content (AvgIpc) is 3.33. The number of amides is 2. The Morgan fingerprint density at radius 1 is 1.09 bits per heavy atom. The Bertz CT molecular complexity index is 1190. The van der Waals surface area contributed by atoms with Crippen molar-refractivity contribution in [3.8, 4) is 11.1 Å². The quantitative estimate of drug-likeness (QED) is 0.468. The van der Waals surface area contributed by atoms with E-state index in [9.17, 15) is 14.4 Å². The van der Waals surface area contributed by atoms with Gasteiger partial charge in [-0.2, -0.15) is 5.10 Å². The van der Waals surface area contributed by atoms with Gasteiger partial charge in [-0.3, -0.25) is 19.6 Å². The number of anilines is 1. The zero-order valence-electron chi connectivity index (χ0n) is 18.9. The molecule has 1 aliphatic carbocycles. The smallest absolute Gasteiger partial charge is 0.411 e. The van der Waals surface area contributed by atoms with E-state index in [0.717, 1.165) is 22.3 Å². The van der Waals surface area contributed by atoms with Gasteiger partial charge in [0.1, 0.15) is 12.3 Å². The zero-order chi connectivity index (χ0) is 24.2. The van der Waals surface area contributed by atoms with E-state index >= 15 is 0 Å². The van der Waals surface area contributed by atoms with Crippen molar-refractivity contribution in [3.63, 3.8) is 0 Å². The molecule has 0 saturated heterocycles. The second-order valence-electron chi connectivity index (χ2n) is 8.29. The van der Waals surface area contributed by atoms with Crippen molar-refractivity contribution in [1.82, 2.24) is 15.1 Å². The van der Waals surface area contributed by atoms with E-state index in [1.54, 1.807) is 14.0 Å². The number of rotatable bonds is 8. The van der Waals surface area contributed by atoms with Crippen molar-refractivity contribution >= 4 is 23.7 Å². The van der Waals surface area contributed by atoms with Gasteiger partial charge in [0.25, 0.3) is 5.91 Å². The minimum absolute atomic E-state index is 0.0578. The molecule has 34 heavy (non-hydrogen) atoms. The SMILES string of the molecule is CC(CCC(=O)O)NC(=O)c1c(NC(=O)OCC2c3ccccc3-c3ccccc32)cnn1C. The van der Waals surface area contributed by atoms with Gasteiger partial charge in [-0.25, -0.2) is 4.79 Å². The summed E-state index contributed by atoms with van der Waals surface area (Å²) in [5.74, 6) is -1.48. The lowest BCUT2D eigenvalue weighted by Crippen LogP contribution is -2.34. The monoisotopic (exact) mass is 462 g/mol. The van der Waals surface area contributed by atoms with Crippen molar-refractivity contribution in [2.75, 3.05) is 11.9 Å². The molecule has 9 nitrogen and oxygen atoms in total. The first-order valence-electron chi connectivity index (χ1n) is 11.0. The molecule has 1 aliphatic rings. The molecule has 176 valence electrons. The fourth-order valence-electron chi connectivity index (χ4n) is 4.25. The summed E-state index contributed by atoms with van der Waals surface area (Å²) in [6.45, 7) is 1.86. The summed E-state index contributed by atoms with van der Waals surface area (Å²) in [6, 6.07) is 15.8. The first-order valence-corrected chi connectivity index (χ1v) is 11.0. The van der Waals surface area contributed by atoms with Crippen LogP contribution in [-0.4, -0.2) is 45.5 Å². The van der Waals surface area contributed by atoms with Crippen LogP contribution in [0.4, 0.5) is 10.5 Å². The third-order valence-corrected chi connectivity index (χ3v) is 5.90. The molecule has 3 aromatic rings. The first-order chi connectivity index (χ1) is 16.3. The highest BCUT2D eigenvalue weighted by Crippen LogP contribution is 2.44. The summed E-state index contributed by atoms with van der Waals surface area (Å²) >= 11 is 0. The van der Waals surface area contributed by atoms with Crippen LogP contribution in [0.1, 0.15) is 47.3 Å². The Morgan fingerprint density at radius 2 is 1.71 bits per heavy atom. The number of fused-ring (bicyclic) bond motifs is 3. The number of hydrogen-bond donors (Lipinski definition) is 3. The molecule has 1 unspecified atom stereocenters. The molecular formula is C25H26N4O5. The second-order valence-corrected chi connectivity index (χ2v) is 8.29. The summed E-state index contributed by atoms with van der Waals surface area (Å²) in [5, 5.41) is 18.2. The molecule has 0 fully saturated rings. The first kappa shape index (κ1) is 23.0. The molecule has 1 aromatic heterocycles. The minimum atomic E-state index is -0.931. The molecule has 2 amide bonds. The van der Waals surface area contributed by atoms with Crippen LogP contribution >= 0.6 is 0 Å². The molecule has 1 heterocycles. The number of carbonyl (C=O) groups is 3. The number of nitrogens with zero attached hydrogens (tertiary/aromatic N) is 2. The van der Waals surface area contributed by atoms with Gasteiger partial charge < -0.3 is 15.2 Å². The summed E-state index contributed by atoms with van der Waals surface area (Å²) in [5.41, 5.74) is 4.84. The fraction of sp³-hybridized carbons (Fsp3) is 0.280. The standard InChI is InChI=1S/C25H26N4O5/c1-15(11-12-22(30)31)27-24(32)23-21(13-26-29(23)2)28-25(33)34-14-20-18-9-5-3-7-16(18)17-8-4-6-10-19(17)20/h3-10,13,15,20H,11-12,14H2,1-2H3,(H,27,32)(H,28,33)(H,30,31). The molecule has 0 aliphatic heterocycles. The molecule has 0 spiro atoms. The van der Waals surface area contributed by atoms with Crippen molar-refractivity contribution < 1.29 is 24.2 Å². The number of carbonyl (C=O) groups excluding carboxylic acids is 2. The number of hydrogen-bond acceptors (Lipinski definition) is 5. The van der Waals surface area contributed by atoms with Crippen LogP contribution in [0, 0.1) is 0 Å². The molecule has 4 rings (SSSR count). The number of aryl methyl sites for hydroxylation is 1. The number of ether oxygens (including phenoxy) is 1. The van der Waals surface area contributed by atoms with Gasteiger partial charge in [0.15, 0.2) is 0 Å². The van der Waals surface area contributed by atoms with Crippen molar-refractivity contribution in [2.45, 2.75) is 31.7 Å². The summed E-state index contributed by atoms with van der Waals surface area (Å²) in [4.78, 5) is 36.1. The molecule has 2 aromatic carbocycles. The third kappa shape index (κ3) is 4.78. The fourth-order valence-corrected chi connectivity index (χ4v) is 4.25. The lowest BCUT2D eigenvalue weighted by molar-refractivity contribution is -0.137. The lowest BCUT2D eigenvalue weighted by Gasteiger charge is -2.15. The van der Waals surface area contributed by atoms with Crippen molar-refractivity contribution in [3.05, 3.63) is 71.5 Å². The predicted molar refractivity (Wildman–Crippen MR) is 126 cm³/mol. The molecule has 9 heteroatoms. The van der Waals surface area contributed by atoms with Gasteiger partial charge in [0, 0.05) is 25.4 Å². The Kier molecular flexibility index (Phi) is 6.62. The summed E-state index contributed by atoms with van der Waals surface area (Å²) in [6.07, 6.45) is 0.909. The van der Waals surface area contributed by atoms with Gasteiger partial charge in [-0.05, 0) is 35.6 Å². The van der Waals surface area contributed by atoms with Crippen LogP contribution in [0.5, 0.6) is 0 Å². The number of aliphatic carboxylic acids is 1. The Morgan fingerprint density at radius 3 is 2.32 bits per heavy atom. The van der Waals surface area contributed by atoms with E-state index in [4.69, 9.17) is 9.84 Å². The average molecular weight is 463 g/mol. The molecular weight excluding hydrogens is 436 g/mol. The number of nitrogens with one attached hydrogen (secondary N) is 2. The van der Waals surface area contributed by atoms with Gasteiger partial charge in [-0.15, -0.1) is 0 Å². The topological polar surface area (TPSA) is 123 Å². The highest BCUT2D eigenvalue weighted by molar-refractivity contribution is 6.01. The van der Waals surface area contributed by atoms with Crippen molar-refractivity contribution in [1.29, 1.82) is 0 Å². The zero-order valence-corrected chi connectivity index (χ0v) is 18.9. The van der Waals surface area contributed by atoms with Crippen LogP contribution in [-0.2, 0) is 16.6 Å². The van der Waals surface area contributed by atoms with Gasteiger partial charge in [0.2, 0.25) is 0 Å². The minimum Gasteiger partial charge on any atom is -0.481 e.